The minimum atomic E-state index is -0.577. The number of aliphatic hydroxyl groups excluding tert-OH is 1. The molecule has 3 rings (SSSR count). The van der Waals surface area contributed by atoms with Crippen molar-refractivity contribution in [2.75, 3.05) is 0 Å². The number of para-hydroxylation sites is 2. The Hall–Kier alpha value is -2.88. The molecule has 0 fully saturated rings. The average molecular weight is 279 g/mol. The van der Waals surface area contributed by atoms with E-state index in [0.29, 0.717) is 16.7 Å². The highest BCUT2D eigenvalue weighted by atomic mass is 16.4. The Morgan fingerprint density at radius 1 is 1.14 bits per heavy atom. The second-order valence-electron chi connectivity index (χ2n) is 4.75. The molecule has 1 heterocycles. The Morgan fingerprint density at radius 3 is 2.62 bits per heavy atom. The second kappa shape index (κ2) is 5.25. The van der Waals surface area contributed by atoms with Crippen LogP contribution in [0, 0.1) is 6.92 Å². The van der Waals surface area contributed by atoms with E-state index >= 15 is 0 Å². The van der Waals surface area contributed by atoms with Crippen LogP contribution in [0.15, 0.2) is 57.7 Å². The molecule has 4 heteroatoms. The van der Waals surface area contributed by atoms with Crippen molar-refractivity contribution in [1.29, 1.82) is 0 Å². The number of fused-ring (bicyclic) bond motifs is 1. The number of benzene rings is 2. The predicted molar refractivity (Wildman–Crippen MR) is 82.0 cm³/mol. The molecule has 1 aromatic heterocycles. The van der Waals surface area contributed by atoms with Crippen molar-refractivity contribution in [3.8, 4) is 0 Å². The van der Waals surface area contributed by atoms with E-state index < -0.39 is 5.63 Å². The lowest BCUT2D eigenvalue weighted by Crippen LogP contribution is -2.06. The van der Waals surface area contributed by atoms with Crippen LogP contribution in [0.1, 0.15) is 16.8 Å². The Labute approximate surface area is 121 Å². The van der Waals surface area contributed by atoms with E-state index in [-0.39, 0.29) is 11.5 Å². The van der Waals surface area contributed by atoms with Crippen LogP contribution in [0.4, 0.5) is 0 Å². The molecular formula is C17H13NO3. The normalized spacial score (nSPS) is 11.8. The molecule has 0 aliphatic heterocycles. The van der Waals surface area contributed by atoms with E-state index in [1.54, 1.807) is 30.3 Å². The first-order valence-corrected chi connectivity index (χ1v) is 6.51. The van der Waals surface area contributed by atoms with Crippen LogP contribution < -0.4 is 5.63 Å². The van der Waals surface area contributed by atoms with Crippen molar-refractivity contribution in [2.45, 2.75) is 6.92 Å². The third-order valence-electron chi connectivity index (χ3n) is 3.14. The molecule has 0 saturated carbocycles. The predicted octanol–water partition coefficient (Wildman–Crippen LogP) is 3.55. The molecular weight excluding hydrogens is 266 g/mol. The minimum absolute atomic E-state index is 0.0231. The van der Waals surface area contributed by atoms with Crippen molar-refractivity contribution >= 4 is 22.9 Å². The fraction of sp³-hybridized carbons (Fsp3) is 0.0588. The molecule has 21 heavy (non-hydrogen) atoms. The number of aliphatic hydroxyl groups is 1. The van der Waals surface area contributed by atoms with Gasteiger partial charge in [-0.25, -0.2) is 9.78 Å². The van der Waals surface area contributed by atoms with Gasteiger partial charge in [0.1, 0.15) is 11.3 Å². The zero-order valence-electron chi connectivity index (χ0n) is 11.4. The molecule has 1 N–H and O–H groups in total. The first-order valence-electron chi connectivity index (χ1n) is 6.51. The summed E-state index contributed by atoms with van der Waals surface area (Å²) in [6.45, 7) is 1.96. The smallest absolute Gasteiger partial charge is 0.362 e. The number of aryl methyl sites for hydroxylation is 1. The highest BCUT2D eigenvalue weighted by Gasteiger charge is 2.07. The third-order valence-corrected chi connectivity index (χ3v) is 3.14. The fourth-order valence-electron chi connectivity index (χ4n) is 1.99. The van der Waals surface area contributed by atoms with Crippen LogP contribution in [-0.2, 0) is 0 Å². The topological polar surface area (TPSA) is 63.3 Å². The van der Waals surface area contributed by atoms with Gasteiger partial charge in [0.05, 0.1) is 0 Å². The summed E-state index contributed by atoms with van der Waals surface area (Å²) in [5.74, 6) is -0.0231. The van der Waals surface area contributed by atoms with Gasteiger partial charge in [0.15, 0.2) is 11.3 Å². The van der Waals surface area contributed by atoms with Crippen molar-refractivity contribution in [3.63, 3.8) is 0 Å². The maximum Gasteiger partial charge on any atom is 0.362 e. The molecule has 0 amide bonds. The highest BCUT2D eigenvalue weighted by Crippen LogP contribution is 2.16. The van der Waals surface area contributed by atoms with Gasteiger partial charge in [-0.05, 0) is 19.1 Å². The third kappa shape index (κ3) is 2.69. The lowest BCUT2D eigenvalue weighted by atomic mass is 10.1. The number of hydrogen-bond donors (Lipinski definition) is 1. The van der Waals surface area contributed by atoms with Gasteiger partial charge >= 0.3 is 5.63 Å². The van der Waals surface area contributed by atoms with Crippen LogP contribution in [0.25, 0.3) is 22.9 Å². The molecule has 0 aliphatic carbocycles. The van der Waals surface area contributed by atoms with Gasteiger partial charge in [-0.1, -0.05) is 42.0 Å². The maximum atomic E-state index is 11.9. The molecule has 3 aromatic rings. The standard InChI is InChI=1S/C17H13NO3/c1-11-6-8-12(9-7-11)15(19)10-14-17(20)21-16-5-3-2-4-13(16)18-14/h2-10,19H,1H3/b15-10-. The first kappa shape index (κ1) is 13.1. The van der Waals surface area contributed by atoms with Gasteiger partial charge in [0.2, 0.25) is 0 Å². The van der Waals surface area contributed by atoms with Gasteiger partial charge in [-0.3, -0.25) is 0 Å². The molecule has 0 spiro atoms. The molecule has 104 valence electrons. The summed E-state index contributed by atoms with van der Waals surface area (Å²) in [6.07, 6.45) is 1.32. The van der Waals surface area contributed by atoms with E-state index in [1.165, 1.54) is 6.08 Å². The maximum absolute atomic E-state index is 11.9. The molecule has 0 radical (unpaired) electrons. The van der Waals surface area contributed by atoms with Crippen LogP contribution in [0.5, 0.6) is 0 Å². The van der Waals surface area contributed by atoms with Gasteiger partial charge < -0.3 is 9.52 Å². The lowest BCUT2D eigenvalue weighted by molar-refractivity contribution is 0.514. The van der Waals surface area contributed by atoms with E-state index in [4.69, 9.17) is 4.42 Å². The molecule has 2 aromatic carbocycles. The number of hydrogen-bond acceptors (Lipinski definition) is 4. The summed E-state index contributed by atoms with van der Waals surface area (Å²) >= 11 is 0. The summed E-state index contributed by atoms with van der Waals surface area (Å²) in [5.41, 5.74) is 2.21. The van der Waals surface area contributed by atoms with Crippen LogP contribution in [-0.4, -0.2) is 10.1 Å². The Balaban J connectivity index is 2.07. The largest absolute Gasteiger partial charge is 0.507 e. The number of nitrogens with zero attached hydrogens (tertiary/aromatic N) is 1. The summed E-state index contributed by atoms with van der Waals surface area (Å²) < 4.78 is 5.17. The summed E-state index contributed by atoms with van der Waals surface area (Å²) in [6, 6.07) is 14.3. The summed E-state index contributed by atoms with van der Waals surface area (Å²) in [7, 11) is 0. The number of aromatic nitrogens is 1. The SMILES string of the molecule is Cc1ccc(/C(O)=C/c2nc3ccccc3oc2=O)cc1. The molecule has 4 nitrogen and oxygen atoms in total. The summed E-state index contributed by atoms with van der Waals surface area (Å²) in [4.78, 5) is 16.1. The summed E-state index contributed by atoms with van der Waals surface area (Å²) in [5, 5.41) is 10.1. The minimum Gasteiger partial charge on any atom is -0.507 e. The van der Waals surface area contributed by atoms with Crippen molar-refractivity contribution < 1.29 is 9.52 Å². The highest BCUT2D eigenvalue weighted by molar-refractivity contribution is 5.78. The van der Waals surface area contributed by atoms with Crippen LogP contribution in [0.3, 0.4) is 0 Å². The van der Waals surface area contributed by atoms with Crippen molar-refractivity contribution in [3.05, 3.63) is 75.8 Å². The zero-order valence-corrected chi connectivity index (χ0v) is 11.4. The van der Waals surface area contributed by atoms with Gasteiger partial charge in [0.25, 0.3) is 0 Å². The van der Waals surface area contributed by atoms with Crippen LogP contribution in [0.2, 0.25) is 0 Å². The van der Waals surface area contributed by atoms with Crippen LogP contribution >= 0.6 is 0 Å². The monoisotopic (exact) mass is 279 g/mol. The molecule has 0 atom stereocenters. The van der Waals surface area contributed by atoms with Gasteiger partial charge in [-0.15, -0.1) is 0 Å². The Kier molecular flexibility index (Phi) is 3.28. The lowest BCUT2D eigenvalue weighted by Gasteiger charge is -2.01. The quantitative estimate of drug-likeness (QED) is 0.729. The van der Waals surface area contributed by atoms with E-state index in [1.807, 2.05) is 25.1 Å². The molecule has 0 unspecified atom stereocenters. The second-order valence-corrected chi connectivity index (χ2v) is 4.75. The van der Waals surface area contributed by atoms with E-state index in [2.05, 4.69) is 4.98 Å². The number of rotatable bonds is 2. The fourth-order valence-corrected chi connectivity index (χ4v) is 1.99. The van der Waals surface area contributed by atoms with E-state index in [0.717, 1.165) is 5.56 Å². The van der Waals surface area contributed by atoms with Crippen molar-refractivity contribution in [1.82, 2.24) is 4.98 Å². The average Bonchev–Trinajstić information content (AvgIpc) is 2.48. The van der Waals surface area contributed by atoms with Gasteiger partial charge in [-0.2, -0.15) is 0 Å². The Morgan fingerprint density at radius 2 is 1.86 bits per heavy atom. The molecule has 0 bridgehead atoms. The Bertz CT molecular complexity index is 876. The molecule has 0 aliphatic rings. The molecule has 0 saturated heterocycles. The first-order chi connectivity index (χ1) is 10.1. The van der Waals surface area contributed by atoms with E-state index in [9.17, 15) is 9.90 Å². The van der Waals surface area contributed by atoms with Crippen molar-refractivity contribution in [2.24, 2.45) is 0 Å². The van der Waals surface area contributed by atoms with Gasteiger partial charge in [0, 0.05) is 11.6 Å². The zero-order chi connectivity index (χ0) is 14.8.